The second kappa shape index (κ2) is 4.35. The van der Waals surface area contributed by atoms with Crippen molar-refractivity contribution in [3.63, 3.8) is 0 Å². The molecule has 0 spiro atoms. The molecule has 1 aromatic heterocycles. The monoisotopic (exact) mass is 237 g/mol. The summed E-state index contributed by atoms with van der Waals surface area (Å²) >= 11 is 5.71. The molecule has 0 amide bonds. The molecule has 1 heterocycles. The molecule has 0 aliphatic carbocycles. The Morgan fingerprint density at radius 2 is 2.20 bits per heavy atom. The van der Waals surface area contributed by atoms with E-state index in [0.717, 1.165) is 0 Å². The molecule has 15 heavy (non-hydrogen) atoms. The summed E-state index contributed by atoms with van der Waals surface area (Å²) in [7, 11) is 0. The Bertz CT molecular complexity index is 317. The third-order valence-electron chi connectivity index (χ3n) is 2.04. The smallest absolute Gasteiger partial charge is 0.239 e. The first-order valence-corrected chi connectivity index (χ1v) is 4.94. The van der Waals surface area contributed by atoms with Crippen LogP contribution in [0.5, 0.6) is 0 Å². The van der Waals surface area contributed by atoms with E-state index in [1.807, 2.05) is 0 Å². The molecule has 2 N–H and O–H groups in total. The molecule has 0 saturated carbocycles. The average Bonchev–Trinajstić information content (AvgIpc) is 2.25. The van der Waals surface area contributed by atoms with E-state index in [4.69, 9.17) is 17.3 Å². The van der Waals surface area contributed by atoms with Gasteiger partial charge in [0.25, 0.3) is 0 Å². The zero-order chi connectivity index (χ0) is 11.6. The first-order chi connectivity index (χ1) is 6.80. The number of nitrogens with zero attached hydrogens (tertiary/aromatic N) is 2. The standard InChI is InChI=1S/C9H14ClF2N3/c1-9(2,3-7(11)12)5-15-4-6(10)8(13)14-15/h4,7H,3,5H2,1-2H3,(H2,13,14). The lowest BCUT2D eigenvalue weighted by molar-refractivity contribution is 0.0778. The minimum atomic E-state index is -2.32. The first-order valence-electron chi connectivity index (χ1n) is 4.57. The van der Waals surface area contributed by atoms with E-state index in [1.54, 1.807) is 20.0 Å². The second-order valence-electron chi connectivity index (χ2n) is 4.32. The van der Waals surface area contributed by atoms with Gasteiger partial charge in [-0.3, -0.25) is 4.68 Å². The highest BCUT2D eigenvalue weighted by Crippen LogP contribution is 2.27. The van der Waals surface area contributed by atoms with Gasteiger partial charge in [-0.2, -0.15) is 5.10 Å². The Balaban J connectivity index is 2.68. The summed E-state index contributed by atoms with van der Waals surface area (Å²) in [5, 5.41) is 4.27. The molecular weight excluding hydrogens is 224 g/mol. The maximum atomic E-state index is 12.2. The fourth-order valence-corrected chi connectivity index (χ4v) is 1.56. The SMILES string of the molecule is CC(C)(CC(F)F)Cn1cc(Cl)c(N)n1. The number of anilines is 1. The van der Waals surface area contributed by atoms with Gasteiger partial charge in [0, 0.05) is 19.2 Å². The molecule has 0 saturated heterocycles. The van der Waals surface area contributed by atoms with E-state index in [9.17, 15) is 8.78 Å². The molecule has 0 unspecified atom stereocenters. The highest BCUT2D eigenvalue weighted by Gasteiger charge is 2.24. The summed E-state index contributed by atoms with van der Waals surface area (Å²) in [5.41, 5.74) is 4.92. The third-order valence-corrected chi connectivity index (χ3v) is 2.33. The minimum Gasteiger partial charge on any atom is -0.381 e. The number of hydrogen-bond donors (Lipinski definition) is 1. The van der Waals surface area contributed by atoms with Crippen molar-refractivity contribution >= 4 is 17.4 Å². The van der Waals surface area contributed by atoms with Crippen LogP contribution in [0.2, 0.25) is 5.02 Å². The highest BCUT2D eigenvalue weighted by molar-refractivity contribution is 6.32. The predicted octanol–water partition coefficient (Wildman–Crippen LogP) is 2.80. The van der Waals surface area contributed by atoms with Gasteiger partial charge < -0.3 is 5.73 Å². The summed E-state index contributed by atoms with van der Waals surface area (Å²) in [5.74, 6) is 0.226. The second-order valence-corrected chi connectivity index (χ2v) is 4.73. The number of rotatable bonds is 4. The molecule has 0 aliphatic heterocycles. The zero-order valence-electron chi connectivity index (χ0n) is 8.67. The van der Waals surface area contributed by atoms with Crippen molar-refractivity contribution in [2.24, 2.45) is 5.41 Å². The normalized spacial score (nSPS) is 12.4. The summed E-state index contributed by atoms with van der Waals surface area (Å²) in [6.07, 6.45) is -0.947. The Hall–Kier alpha value is -0.840. The van der Waals surface area contributed by atoms with E-state index in [0.29, 0.717) is 11.6 Å². The van der Waals surface area contributed by atoms with Gasteiger partial charge in [-0.15, -0.1) is 0 Å². The quantitative estimate of drug-likeness (QED) is 0.875. The first kappa shape index (κ1) is 12.2. The van der Waals surface area contributed by atoms with Crippen LogP contribution in [0.3, 0.4) is 0 Å². The average molecular weight is 238 g/mol. The van der Waals surface area contributed by atoms with Crippen LogP contribution in [-0.4, -0.2) is 16.2 Å². The van der Waals surface area contributed by atoms with E-state index in [1.165, 1.54) is 4.68 Å². The molecular formula is C9H14ClF2N3. The fourth-order valence-electron chi connectivity index (χ4n) is 1.41. The lowest BCUT2D eigenvalue weighted by Gasteiger charge is -2.23. The van der Waals surface area contributed by atoms with Crippen molar-refractivity contribution in [3.05, 3.63) is 11.2 Å². The van der Waals surface area contributed by atoms with Gasteiger partial charge in [0.05, 0.1) is 0 Å². The molecule has 6 heteroatoms. The molecule has 0 fully saturated rings. The van der Waals surface area contributed by atoms with Crippen molar-refractivity contribution in [3.8, 4) is 0 Å². The van der Waals surface area contributed by atoms with E-state index in [-0.39, 0.29) is 12.2 Å². The molecule has 0 radical (unpaired) electrons. The van der Waals surface area contributed by atoms with E-state index < -0.39 is 11.8 Å². The van der Waals surface area contributed by atoms with Crippen molar-refractivity contribution < 1.29 is 8.78 Å². The van der Waals surface area contributed by atoms with Crippen molar-refractivity contribution in [2.45, 2.75) is 33.2 Å². The topological polar surface area (TPSA) is 43.8 Å². The summed E-state index contributed by atoms with van der Waals surface area (Å²) in [6, 6.07) is 0. The van der Waals surface area contributed by atoms with Crippen LogP contribution in [-0.2, 0) is 6.54 Å². The van der Waals surface area contributed by atoms with Gasteiger partial charge in [-0.1, -0.05) is 25.4 Å². The Kier molecular flexibility index (Phi) is 3.54. The summed E-state index contributed by atoms with van der Waals surface area (Å²) in [6.45, 7) is 3.88. The molecule has 0 atom stereocenters. The molecule has 0 bridgehead atoms. The molecule has 3 nitrogen and oxygen atoms in total. The van der Waals surface area contributed by atoms with Crippen LogP contribution in [0.1, 0.15) is 20.3 Å². The lowest BCUT2D eigenvalue weighted by atomic mass is 9.90. The van der Waals surface area contributed by atoms with Crippen molar-refractivity contribution in [1.29, 1.82) is 0 Å². The van der Waals surface area contributed by atoms with Crippen molar-refractivity contribution in [1.82, 2.24) is 9.78 Å². The number of alkyl halides is 2. The lowest BCUT2D eigenvalue weighted by Crippen LogP contribution is -2.23. The Morgan fingerprint density at radius 3 is 2.60 bits per heavy atom. The van der Waals surface area contributed by atoms with Crippen LogP contribution in [0.25, 0.3) is 0 Å². The maximum absolute atomic E-state index is 12.2. The number of halogens is 3. The van der Waals surface area contributed by atoms with Crippen molar-refractivity contribution in [2.75, 3.05) is 5.73 Å². The van der Waals surface area contributed by atoms with Gasteiger partial charge in [0.1, 0.15) is 5.02 Å². The molecule has 0 aliphatic rings. The van der Waals surface area contributed by atoms with Gasteiger partial charge in [0.2, 0.25) is 6.43 Å². The largest absolute Gasteiger partial charge is 0.381 e. The van der Waals surface area contributed by atoms with Gasteiger partial charge in [0.15, 0.2) is 5.82 Å². The summed E-state index contributed by atoms with van der Waals surface area (Å²) < 4.78 is 26.0. The van der Waals surface area contributed by atoms with Crippen LogP contribution in [0.15, 0.2) is 6.20 Å². The van der Waals surface area contributed by atoms with Crippen LogP contribution < -0.4 is 5.73 Å². The van der Waals surface area contributed by atoms with Gasteiger partial charge in [-0.05, 0) is 5.41 Å². The van der Waals surface area contributed by atoms with Crippen LogP contribution in [0, 0.1) is 5.41 Å². The predicted molar refractivity (Wildman–Crippen MR) is 56.1 cm³/mol. The fraction of sp³-hybridized carbons (Fsp3) is 0.667. The highest BCUT2D eigenvalue weighted by atomic mass is 35.5. The van der Waals surface area contributed by atoms with Crippen LogP contribution >= 0.6 is 11.6 Å². The van der Waals surface area contributed by atoms with Gasteiger partial charge in [-0.25, -0.2) is 8.78 Å². The zero-order valence-corrected chi connectivity index (χ0v) is 9.43. The molecule has 86 valence electrons. The van der Waals surface area contributed by atoms with Gasteiger partial charge >= 0.3 is 0 Å². The minimum absolute atomic E-state index is 0.176. The molecule has 1 rings (SSSR count). The number of aromatic nitrogens is 2. The molecule has 1 aromatic rings. The maximum Gasteiger partial charge on any atom is 0.239 e. The number of nitrogens with two attached hydrogens (primary N) is 1. The number of hydrogen-bond acceptors (Lipinski definition) is 2. The third kappa shape index (κ3) is 3.66. The number of nitrogen functional groups attached to an aromatic ring is 1. The van der Waals surface area contributed by atoms with E-state index in [2.05, 4.69) is 5.10 Å². The van der Waals surface area contributed by atoms with E-state index >= 15 is 0 Å². The Morgan fingerprint density at radius 1 is 1.60 bits per heavy atom. The Labute approximate surface area is 92.2 Å². The molecule has 0 aromatic carbocycles. The van der Waals surface area contributed by atoms with Crippen LogP contribution in [0.4, 0.5) is 14.6 Å². The summed E-state index contributed by atoms with van der Waals surface area (Å²) in [4.78, 5) is 0.